The quantitative estimate of drug-likeness (QED) is 0.539. The van der Waals surface area contributed by atoms with Crippen LogP contribution >= 0.6 is 0 Å². The van der Waals surface area contributed by atoms with Crippen LogP contribution in [0.5, 0.6) is 0 Å². The van der Waals surface area contributed by atoms with Crippen molar-refractivity contribution in [1.29, 1.82) is 0 Å². The Morgan fingerprint density at radius 3 is 2.38 bits per heavy atom. The molecule has 2 fully saturated rings. The van der Waals surface area contributed by atoms with Crippen molar-refractivity contribution >= 4 is 17.0 Å². The number of halogens is 5. The topological polar surface area (TPSA) is 36.7 Å². The van der Waals surface area contributed by atoms with Crippen LogP contribution in [0.3, 0.4) is 0 Å². The molecule has 1 aliphatic carbocycles. The van der Waals surface area contributed by atoms with Gasteiger partial charge in [0.15, 0.2) is 5.65 Å². The lowest BCUT2D eigenvalue weighted by atomic mass is 10.1. The first kappa shape index (κ1) is 21.0. The van der Waals surface area contributed by atoms with Crippen LogP contribution in [0.1, 0.15) is 31.2 Å². The number of piperazine rings is 1. The van der Waals surface area contributed by atoms with E-state index in [4.69, 9.17) is 0 Å². The Morgan fingerprint density at radius 2 is 1.75 bits per heavy atom. The summed E-state index contributed by atoms with van der Waals surface area (Å²) < 4.78 is 71.2. The number of pyridine rings is 1. The number of nitrogens with zero attached hydrogens (tertiary/aromatic N) is 5. The van der Waals surface area contributed by atoms with Gasteiger partial charge in [0.05, 0.1) is 5.69 Å². The molecule has 1 saturated heterocycles. The van der Waals surface area contributed by atoms with E-state index < -0.39 is 23.4 Å². The SMILES string of the molecule is C[C@H]1CN(c2ccn3c(CC4CC4)nnc3c2C(F)(F)F)CCN1c1cc(F)cc(F)c1. The number of hydrogen-bond donors (Lipinski definition) is 0. The number of hydrogen-bond acceptors (Lipinski definition) is 4. The lowest BCUT2D eigenvalue weighted by Crippen LogP contribution is -2.52. The highest BCUT2D eigenvalue weighted by atomic mass is 19.4. The molecule has 0 unspecified atom stereocenters. The molecular formula is C22H22F5N5. The van der Waals surface area contributed by atoms with E-state index >= 15 is 0 Å². The van der Waals surface area contributed by atoms with Gasteiger partial charge in [-0.2, -0.15) is 13.2 Å². The van der Waals surface area contributed by atoms with Crippen LogP contribution in [-0.4, -0.2) is 40.3 Å². The van der Waals surface area contributed by atoms with Crippen molar-refractivity contribution in [3.05, 3.63) is 53.5 Å². The van der Waals surface area contributed by atoms with E-state index in [-0.39, 0.29) is 30.5 Å². The maximum absolute atomic E-state index is 14.1. The van der Waals surface area contributed by atoms with E-state index in [0.717, 1.165) is 18.9 Å². The average molecular weight is 451 g/mol. The van der Waals surface area contributed by atoms with Gasteiger partial charge >= 0.3 is 6.18 Å². The van der Waals surface area contributed by atoms with Gasteiger partial charge in [-0.25, -0.2) is 8.78 Å². The lowest BCUT2D eigenvalue weighted by Gasteiger charge is -2.43. The molecule has 10 heteroatoms. The fourth-order valence-corrected chi connectivity index (χ4v) is 4.51. The molecular weight excluding hydrogens is 429 g/mol. The second-order valence-electron chi connectivity index (χ2n) is 8.65. The molecule has 1 atom stereocenters. The third kappa shape index (κ3) is 3.86. The first-order valence-electron chi connectivity index (χ1n) is 10.6. The number of anilines is 2. The lowest BCUT2D eigenvalue weighted by molar-refractivity contribution is -0.136. The van der Waals surface area contributed by atoms with E-state index in [0.29, 0.717) is 30.4 Å². The number of benzene rings is 1. The molecule has 0 spiro atoms. The van der Waals surface area contributed by atoms with E-state index in [1.165, 1.54) is 22.6 Å². The van der Waals surface area contributed by atoms with Crippen molar-refractivity contribution in [1.82, 2.24) is 14.6 Å². The molecule has 1 aliphatic heterocycles. The average Bonchev–Trinajstić information content (AvgIpc) is 3.44. The van der Waals surface area contributed by atoms with Crippen molar-refractivity contribution in [2.45, 2.75) is 38.4 Å². The summed E-state index contributed by atoms with van der Waals surface area (Å²) in [5.74, 6) is -0.356. The molecule has 3 aromatic rings. The van der Waals surface area contributed by atoms with Crippen molar-refractivity contribution in [3.63, 3.8) is 0 Å². The standard InChI is InChI=1S/C22H22F5N5/c1-13-12-30(6-7-31(13)17-10-15(23)9-16(24)11-17)18-4-5-32-19(8-14-2-3-14)28-29-21(32)20(18)22(25,26)27/h4-5,9-11,13-14H,2-3,6-8,12H2,1H3/t13-/m0/s1. The highest BCUT2D eigenvalue weighted by Crippen LogP contribution is 2.41. The predicted octanol–water partition coefficient (Wildman–Crippen LogP) is 4.69. The third-order valence-corrected chi connectivity index (χ3v) is 6.23. The summed E-state index contributed by atoms with van der Waals surface area (Å²) >= 11 is 0. The summed E-state index contributed by atoms with van der Waals surface area (Å²) in [6.45, 7) is 2.68. The number of alkyl halides is 3. The molecule has 5 nitrogen and oxygen atoms in total. The molecule has 5 rings (SSSR count). The van der Waals surface area contributed by atoms with Gasteiger partial charge in [-0.3, -0.25) is 4.40 Å². The number of aromatic nitrogens is 3. The van der Waals surface area contributed by atoms with Crippen LogP contribution in [0.25, 0.3) is 5.65 Å². The van der Waals surface area contributed by atoms with E-state index in [1.807, 2.05) is 6.92 Å². The molecule has 170 valence electrons. The highest BCUT2D eigenvalue weighted by molar-refractivity contribution is 5.67. The minimum atomic E-state index is -4.60. The molecule has 2 aromatic heterocycles. The Labute approximate surface area is 181 Å². The molecule has 0 N–H and O–H groups in total. The Kier molecular flexibility index (Phi) is 4.98. The summed E-state index contributed by atoms with van der Waals surface area (Å²) in [5, 5.41) is 7.93. The van der Waals surface area contributed by atoms with Crippen LogP contribution in [0.2, 0.25) is 0 Å². The fraction of sp³-hybridized carbons (Fsp3) is 0.455. The van der Waals surface area contributed by atoms with Crippen LogP contribution in [0, 0.1) is 17.6 Å². The minimum Gasteiger partial charge on any atom is -0.367 e. The summed E-state index contributed by atoms with van der Waals surface area (Å²) in [4.78, 5) is 3.47. The normalized spacial score (nSPS) is 19.8. The monoisotopic (exact) mass is 451 g/mol. The van der Waals surface area contributed by atoms with Gasteiger partial charge in [0.25, 0.3) is 0 Å². The van der Waals surface area contributed by atoms with Crippen molar-refractivity contribution < 1.29 is 22.0 Å². The van der Waals surface area contributed by atoms with Crippen LogP contribution in [0.15, 0.2) is 30.5 Å². The van der Waals surface area contributed by atoms with Crippen molar-refractivity contribution in [2.24, 2.45) is 5.92 Å². The zero-order chi connectivity index (χ0) is 22.6. The maximum Gasteiger partial charge on any atom is 0.422 e. The van der Waals surface area contributed by atoms with Gasteiger partial charge in [0.1, 0.15) is 23.0 Å². The van der Waals surface area contributed by atoms with Gasteiger partial charge in [-0.05, 0) is 43.9 Å². The van der Waals surface area contributed by atoms with Crippen LogP contribution < -0.4 is 9.80 Å². The van der Waals surface area contributed by atoms with Crippen LogP contribution in [0.4, 0.5) is 33.3 Å². The Hall–Kier alpha value is -2.91. The molecule has 0 bridgehead atoms. The summed E-state index contributed by atoms with van der Waals surface area (Å²) in [5.41, 5.74) is -0.560. The summed E-state index contributed by atoms with van der Waals surface area (Å²) in [6.07, 6.45) is -0.241. The molecule has 32 heavy (non-hydrogen) atoms. The second-order valence-corrected chi connectivity index (χ2v) is 8.65. The van der Waals surface area contributed by atoms with E-state index in [2.05, 4.69) is 10.2 Å². The Balaban J connectivity index is 1.47. The molecule has 3 heterocycles. The number of rotatable bonds is 4. The highest BCUT2D eigenvalue weighted by Gasteiger charge is 2.40. The fourth-order valence-electron chi connectivity index (χ4n) is 4.51. The summed E-state index contributed by atoms with van der Waals surface area (Å²) in [7, 11) is 0. The minimum absolute atomic E-state index is 0.0484. The molecule has 0 amide bonds. The van der Waals surface area contributed by atoms with Gasteiger partial charge < -0.3 is 9.80 Å². The first-order valence-corrected chi connectivity index (χ1v) is 10.6. The van der Waals surface area contributed by atoms with Gasteiger partial charge in [-0.1, -0.05) is 0 Å². The van der Waals surface area contributed by atoms with E-state index in [1.54, 1.807) is 16.0 Å². The Morgan fingerprint density at radius 1 is 1.03 bits per heavy atom. The van der Waals surface area contributed by atoms with Crippen molar-refractivity contribution in [2.75, 3.05) is 29.4 Å². The van der Waals surface area contributed by atoms with Gasteiger partial charge in [0.2, 0.25) is 0 Å². The Bertz CT molecular complexity index is 1130. The summed E-state index contributed by atoms with van der Waals surface area (Å²) in [6, 6.07) is 4.48. The zero-order valence-electron chi connectivity index (χ0n) is 17.4. The molecule has 2 aliphatic rings. The van der Waals surface area contributed by atoms with E-state index in [9.17, 15) is 22.0 Å². The first-order chi connectivity index (χ1) is 15.2. The smallest absolute Gasteiger partial charge is 0.367 e. The molecule has 1 aromatic carbocycles. The largest absolute Gasteiger partial charge is 0.422 e. The van der Waals surface area contributed by atoms with Crippen LogP contribution in [-0.2, 0) is 12.6 Å². The maximum atomic E-state index is 14.1. The van der Waals surface area contributed by atoms with Gasteiger partial charge in [0, 0.05) is 50.0 Å². The van der Waals surface area contributed by atoms with Gasteiger partial charge in [-0.15, -0.1) is 10.2 Å². The number of fused-ring (bicyclic) bond motifs is 1. The molecule has 1 saturated carbocycles. The second kappa shape index (κ2) is 7.60. The van der Waals surface area contributed by atoms with Crippen molar-refractivity contribution in [3.8, 4) is 0 Å². The zero-order valence-corrected chi connectivity index (χ0v) is 17.4. The molecule has 0 radical (unpaired) electrons. The predicted molar refractivity (Wildman–Crippen MR) is 110 cm³/mol. The third-order valence-electron chi connectivity index (χ3n) is 6.23.